The molecule has 0 bridgehead atoms. The Balaban J connectivity index is 1.83. The summed E-state index contributed by atoms with van der Waals surface area (Å²) in [5.74, 6) is 1.18. The summed E-state index contributed by atoms with van der Waals surface area (Å²) in [6.07, 6.45) is 6.78. The molecule has 0 saturated carbocycles. The molecule has 1 aliphatic rings. The van der Waals surface area contributed by atoms with Gasteiger partial charge in [-0.1, -0.05) is 24.4 Å². The highest BCUT2D eigenvalue weighted by Gasteiger charge is 2.11. The molecule has 0 atom stereocenters. The standard InChI is InChI=1S/C13H21ClN4O/c1-19-11-12(14)16-10-17-13(11)15-6-9-18-7-4-2-3-5-8-18/h10H,2-9H2,1H3,(H,15,16,17). The van der Waals surface area contributed by atoms with Gasteiger partial charge in [0.25, 0.3) is 0 Å². The lowest BCUT2D eigenvalue weighted by Crippen LogP contribution is -2.30. The van der Waals surface area contributed by atoms with Crippen molar-refractivity contribution in [2.24, 2.45) is 0 Å². The van der Waals surface area contributed by atoms with E-state index in [1.165, 1.54) is 45.1 Å². The number of likely N-dealkylation sites (tertiary alicyclic amines) is 1. The number of halogens is 1. The Morgan fingerprint density at radius 1 is 1.26 bits per heavy atom. The monoisotopic (exact) mass is 284 g/mol. The third kappa shape index (κ3) is 4.21. The molecular formula is C13H21ClN4O. The second-order valence-electron chi connectivity index (χ2n) is 4.73. The fraction of sp³-hybridized carbons (Fsp3) is 0.692. The predicted octanol–water partition coefficient (Wildman–Crippen LogP) is 2.43. The molecular weight excluding hydrogens is 264 g/mol. The zero-order chi connectivity index (χ0) is 13.5. The Kier molecular flexibility index (Phi) is 5.66. The number of nitrogens with zero attached hydrogens (tertiary/aromatic N) is 3. The van der Waals surface area contributed by atoms with E-state index in [1.807, 2.05) is 0 Å². The molecule has 0 unspecified atom stereocenters. The maximum atomic E-state index is 5.95. The van der Waals surface area contributed by atoms with Crippen molar-refractivity contribution in [1.29, 1.82) is 0 Å². The van der Waals surface area contributed by atoms with Crippen LogP contribution in [0.15, 0.2) is 6.33 Å². The smallest absolute Gasteiger partial charge is 0.198 e. The molecule has 1 aromatic heterocycles. The second kappa shape index (κ2) is 7.50. The highest BCUT2D eigenvalue weighted by atomic mass is 35.5. The Hall–Kier alpha value is -1.07. The van der Waals surface area contributed by atoms with Crippen LogP contribution in [0.2, 0.25) is 5.15 Å². The highest BCUT2D eigenvalue weighted by molar-refractivity contribution is 6.31. The molecule has 1 fully saturated rings. The van der Waals surface area contributed by atoms with E-state index in [0.29, 0.717) is 16.7 Å². The summed E-state index contributed by atoms with van der Waals surface area (Å²) in [7, 11) is 1.57. The van der Waals surface area contributed by atoms with E-state index in [4.69, 9.17) is 16.3 Å². The number of anilines is 1. The summed E-state index contributed by atoms with van der Waals surface area (Å²) in [5.41, 5.74) is 0. The van der Waals surface area contributed by atoms with Gasteiger partial charge in [0.15, 0.2) is 16.7 Å². The van der Waals surface area contributed by atoms with Gasteiger partial charge in [-0.2, -0.15) is 0 Å². The normalized spacial score (nSPS) is 16.9. The van der Waals surface area contributed by atoms with Gasteiger partial charge in [-0.3, -0.25) is 0 Å². The molecule has 2 heterocycles. The number of hydrogen-bond donors (Lipinski definition) is 1. The van der Waals surface area contributed by atoms with Crippen molar-refractivity contribution in [3.05, 3.63) is 11.5 Å². The third-order valence-corrected chi connectivity index (χ3v) is 3.65. The summed E-state index contributed by atoms with van der Waals surface area (Å²) in [6, 6.07) is 0. The molecule has 1 aliphatic heterocycles. The van der Waals surface area contributed by atoms with Crippen molar-refractivity contribution in [3.63, 3.8) is 0 Å². The maximum Gasteiger partial charge on any atom is 0.198 e. The van der Waals surface area contributed by atoms with Crippen LogP contribution in [-0.2, 0) is 0 Å². The van der Waals surface area contributed by atoms with Gasteiger partial charge in [0.05, 0.1) is 7.11 Å². The summed E-state index contributed by atoms with van der Waals surface area (Å²) >= 11 is 5.95. The van der Waals surface area contributed by atoms with Crippen LogP contribution in [-0.4, -0.2) is 48.2 Å². The largest absolute Gasteiger partial charge is 0.490 e. The molecule has 0 aliphatic carbocycles. The molecule has 5 nitrogen and oxygen atoms in total. The minimum atomic E-state index is 0.342. The highest BCUT2D eigenvalue weighted by Crippen LogP contribution is 2.27. The molecule has 19 heavy (non-hydrogen) atoms. The minimum absolute atomic E-state index is 0.342. The van der Waals surface area contributed by atoms with Crippen LogP contribution in [0, 0.1) is 0 Å². The van der Waals surface area contributed by atoms with E-state index in [-0.39, 0.29) is 0 Å². The number of methoxy groups -OCH3 is 1. The molecule has 2 rings (SSSR count). The lowest BCUT2D eigenvalue weighted by Gasteiger charge is -2.20. The van der Waals surface area contributed by atoms with Crippen molar-refractivity contribution in [1.82, 2.24) is 14.9 Å². The first kappa shape index (κ1) is 14.3. The summed E-state index contributed by atoms with van der Waals surface area (Å²) < 4.78 is 5.21. The van der Waals surface area contributed by atoms with Gasteiger partial charge >= 0.3 is 0 Å². The number of ether oxygens (including phenoxy) is 1. The number of aromatic nitrogens is 2. The molecule has 0 aromatic carbocycles. The van der Waals surface area contributed by atoms with Crippen LogP contribution in [0.5, 0.6) is 5.75 Å². The van der Waals surface area contributed by atoms with E-state index in [0.717, 1.165) is 13.1 Å². The first-order chi connectivity index (χ1) is 9.31. The Labute approximate surface area is 119 Å². The van der Waals surface area contributed by atoms with Crippen LogP contribution in [0.4, 0.5) is 5.82 Å². The van der Waals surface area contributed by atoms with Gasteiger partial charge in [0.1, 0.15) is 6.33 Å². The van der Waals surface area contributed by atoms with Gasteiger partial charge in [-0.05, 0) is 25.9 Å². The van der Waals surface area contributed by atoms with Crippen molar-refractivity contribution in [3.8, 4) is 5.75 Å². The van der Waals surface area contributed by atoms with Gasteiger partial charge in [0.2, 0.25) is 0 Å². The lowest BCUT2D eigenvalue weighted by molar-refractivity contribution is 0.296. The van der Waals surface area contributed by atoms with E-state index in [2.05, 4.69) is 20.2 Å². The number of nitrogens with one attached hydrogen (secondary N) is 1. The molecule has 1 N–H and O–H groups in total. The Bertz CT molecular complexity index is 394. The van der Waals surface area contributed by atoms with Crippen LogP contribution < -0.4 is 10.1 Å². The third-order valence-electron chi connectivity index (χ3n) is 3.38. The quantitative estimate of drug-likeness (QED) is 0.842. The van der Waals surface area contributed by atoms with Gasteiger partial charge in [-0.25, -0.2) is 9.97 Å². The molecule has 1 saturated heterocycles. The van der Waals surface area contributed by atoms with Crippen molar-refractivity contribution < 1.29 is 4.74 Å². The first-order valence-corrected chi connectivity index (χ1v) is 7.20. The summed E-state index contributed by atoms with van der Waals surface area (Å²) in [6.45, 7) is 4.25. The second-order valence-corrected chi connectivity index (χ2v) is 5.09. The molecule has 0 spiro atoms. The van der Waals surface area contributed by atoms with Crippen LogP contribution in [0.3, 0.4) is 0 Å². The maximum absolute atomic E-state index is 5.95. The van der Waals surface area contributed by atoms with E-state index < -0.39 is 0 Å². The molecule has 6 heteroatoms. The number of hydrogen-bond acceptors (Lipinski definition) is 5. The fourth-order valence-corrected chi connectivity index (χ4v) is 2.56. The van der Waals surface area contributed by atoms with Gasteiger partial charge in [-0.15, -0.1) is 0 Å². The zero-order valence-corrected chi connectivity index (χ0v) is 12.1. The molecule has 1 aromatic rings. The lowest BCUT2D eigenvalue weighted by atomic mass is 10.2. The van der Waals surface area contributed by atoms with Crippen molar-refractivity contribution in [2.75, 3.05) is 38.6 Å². The topological polar surface area (TPSA) is 50.3 Å². The number of rotatable bonds is 5. The summed E-state index contributed by atoms with van der Waals surface area (Å²) in [4.78, 5) is 10.6. The van der Waals surface area contributed by atoms with Crippen LogP contribution in [0.1, 0.15) is 25.7 Å². The Morgan fingerprint density at radius 2 is 2.00 bits per heavy atom. The fourth-order valence-electron chi connectivity index (χ4n) is 2.35. The van der Waals surface area contributed by atoms with Crippen molar-refractivity contribution >= 4 is 17.4 Å². The molecule has 106 valence electrons. The van der Waals surface area contributed by atoms with Crippen molar-refractivity contribution in [2.45, 2.75) is 25.7 Å². The van der Waals surface area contributed by atoms with E-state index in [1.54, 1.807) is 7.11 Å². The van der Waals surface area contributed by atoms with Crippen LogP contribution in [0.25, 0.3) is 0 Å². The van der Waals surface area contributed by atoms with Gasteiger partial charge in [0, 0.05) is 13.1 Å². The first-order valence-electron chi connectivity index (χ1n) is 6.82. The van der Waals surface area contributed by atoms with Gasteiger partial charge < -0.3 is 15.0 Å². The Morgan fingerprint density at radius 3 is 2.68 bits per heavy atom. The molecule has 0 amide bonds. The SMILES string of the molecule is COc1c(Cl)ncnc1NCCN1CCCCCC1. The van der Waals surface area contributed by atoms with E-state index in [9.17, 15) is 0 Å². The zero-order valence-electron chi connectivity index (χ0n) is 11.4. The average molecular weight is 285 g/mol. The summed E-state index contributed by atoms with van der Waals surface area (Å²) in [5, 5.41) is 3.61. The van der Waals surface area contributed by atoms with Crippen LogP contribution >= 0.6 is 11.6 Å². The minimum Gasteiger partial charge on any atom is -0.490 e. The average Bonchev–Trinajstić information content (AvgIpc) is 2.68. The van der Waals surface area contributed by atoms with E-state index >= 15 is 0 Å². The predicted molar refractivity (Wildman–Crippen MR) is 77.0 cm³/mol. The molecule has 0 radical (unpaired) electrons.